The van der Waals surface area contributed by atoms with E-state index in [4.69, 9.17) is 27.9 Å². The van der Waals surface area contributed by atoms with E-state index in [0.717, 1.165) is 17.7 Å². The van der Waals surface area contributed by atoms with E-state index in [1.807, 2.05) is 6.07 Å². The molecule has 2 aromatic carbocycles. The second-order valence-electron chi connectivity index (χ2n) is 5.16. The summed E-state index contributed by atoms with van der Waals surface area (Å²) in [4.78, 5) is -0.531. The monoisotopic (exact) mass is 379 g/mol. The Morgan fingerprint density at radius 2 is 2.00 bits per heavy atom. The van der Waals surface area contributed by atoms with Crippen LogP contribution >= 0.6 is 23.2 Å². The Balaban J connectivity index is 2.06. The van der Waals surface area contributed by atoms with Crippen LogP contribution in [0.3, 0.4) is 0 Å². The van der Waals surface area contributed by atoms with Crippen LogP contribution in [0, 0.1) is 11.3 Å². The molecular formula is C17H11Cl2NO3S. The van der Waals surface area contributed by atoms with E-state index in [-0.39, 0.29) is 14.8 Å². The summed E-state index contributed by atoms with van der Waals surface area (Å²) in [6.45, 7) is 0.603. The lowest BCUT2D eigenvalue weighted by molar-refractivity contribution is 0.357. The van der Waals surface area contributed by atoms with Gasteiger partial charge in [0.2, 0.25) is 9.84 Å². The molecule has 0 N–H and O–H groups in total. The smallest absolute Gasteiger partial charge is 0.218 e. The van der Waals surface area contributed by atoms with Gasteiger partial charge in [-0.1, -0.05) is 29.3 Å². The summed E-state index contributed by atoms with van der Waals surface area (Å²) >= 11 is 11.8. The lowest BCUT2D eigenvalue weighted by Gasteiger charge is -2.06. The summed E-state index contributed by atoms with van der Waals surface area (Å²) < 4.78 is 30.8. The highest BCUT2D eigenvalue weighted by Gasteiger charge is 2.24. The maximum Gasteiger partial charge on any atom is 0.218 e. The van der Waals surface area contributed by atoms with Crippen molar-refractivity contribution >= 4 is 39.1 Å². The molecule has 1 aliphatic rings. The third-order valence-corrected chi connectivity index (χ3v) is 5.98. The van der Waals surface area contributed by atoms with Crippen LogP contribution in [0.2, 0.25) is 10.0 Å². The summed E-state index contributed by atoms with van der Waals surface area (Å²) in [5.74, 6) is 0.786. The normalized spacial score (nSPS) is 14.0. The zero-order valence-electron chi connectivity index (χ0n) is 12.3. The molecule has 0 bridgehead atoms. The van der Waals surface area contributed by atoms with Crippen molar-refractivity contribution in [2.45, 2.75) is 11.3 Å². The van der Waals surface area contributed by atoms with E-state index in [1.54, 1.807) is 18.2 Å². The molecule has 0 fully saturated rings. The molecule has 0 unspecified atom stereocenters. The van der Waals surface area contributed by atoms with Gasteiger partial charge in [0.1, 0.15) is 16.7 Å². The van der Waals surface area contributed by atoms with Gasteiger partial charge < -0.3 is 4.74 Å². The van der Waals surface area contributed by atoms with Crippen molar-refractivity contribution in [1.29, 1.82) is 5.26 Å². The topological polar surface area (TPSA) is 67.2 Å². The Morgan fingerprint density at radius 1 is 1.21 bits per heavy atom. The van der Waals surface area contributed by atoms with E-state index >= 15 is 0 Å². The maximum absolute atomic E-state index is 12.7. The van der Waals surface area contributed by atoms with Crippen molar-refractivity contribution in [2.75, 3.05) is 6.61 Å². The average molecular weight is 380 g/mol. The number of ether oxygens (including phenoxy) is 1. The molecule has 0 spiro atoms. The van der Waals surface area contributed by atoms with Crippen LogP contribution in [-0.2, 0) is 16.3 Å². The Kier molecular flexibility index (Phi) is 4.55. The molecule has 0 amide bonds. The molecule has 3 rings (SSSR count). The Labute approximate surface area is 149 Å². The van der Waals surface area contributed by atoms with Gasteiger partial charge in [-0.05, 0) is 47.5 Å². The van der Waals surface area contributed by atoms with Crippen LogP contribution in [0.1, 0.15) is 11.1 Å². The number of benzene rings is 2. The first-order valence-corrected chi connectivity index (χ1v) is 9.23. The highest BCUT2D eigenvalue weighted by atomic mass is 35.5. The number of allylic oxidation sites excluding steroid dienone is 1. The second-order valence-corrected chi connectivity index (χ2v) is 7.89. The maximum atomic E-state index is 12.7. The van der Waals surface area contributed by atoms with Crippen molar-refractivity contribution in [3.05, 3.63) is 62.5 Å². The molecule has 0 atom stereocenters. The molecule has 0 aromatic heterocycles. The first-order valence-electron chi connectivity index (χ1n) is 6.99. The van der Waals surface area contributed by atoms with Gasteiger partial charge in [0.05, 0.1) is 16.5 Å². The number of hydrogen-bond donors (Lipinski definition) is 0. The number of rotatable bonds is 3. The Bertz CT molecular complexity index is 991. The minimum Gasteiger partial charge on any atom is -0.493 e. The van der Waals surface area contributed by atoms with E-state index in [9.17, 15) is 13.7 Å². The minimum atomic E-state index is -4.03. The van der Waals surface area contributed by atoms with Gasteiger partial charge in [-0.15, -0.1) is 0 Å². The molecule has 2 aromatic rings. The first kappa shape index (κ1) is 16.8. The molecular weight excluding hydrogens is 369 g/mol. The fourth-order valence-electron chi connectivity index (χ4n) is 2.43. The van der Waals surface area contributed by atoms with E-state index in [1.165, 1.54) is 24.3 Å². The number of sulfone groups is 1. The van der Waals surface area contributed by atoms with Crippen LogP contribution in [-0.4, -0.2) is 15.0 Å². The van der Waals surface area contributed by atoms with Gasteiger partial charge in [-0.3, -0.25) is 0 Å². The van der Waals surface area contributed by atoms with Crippen LogP contribution in [0.15, 0.2) is 46.2 Å². The highest BCUT2D eigenvalue weighted by molar-refractivity contribution is 7.95. The molecule has 122 valence electrons. The van der Waals surface area contributed by atoms with Crippen molar-refractivity contribution in [3.63, 3.8) is 0 Å². The summed E-state index contributed by atoms with van der Waals surface area (Å²) in [5.41, 5.74) is 1.60. The van der Waals surface area contributed by atoms with Crippen LogP contribution < -0.4 is 4.74 Å². The van der Waals surface area contributed by atoms with E-state index in [0.29, 0.717) is 17.2 Å². The number of nitriles is 1. The Hall–Kier alpha value is -2.00. The first-order chi connectivity index (χ1) is 11.4. The van der Waals surface area contributed by atoms with Crippen LogP contribution in [0.4, 0.5) is 0 Å². The van der Waals surface area contributed by atoms with Gasteiger partial charge in [0, 0.05) is 11.4 Å². The van der Waals surface area contributed by atoms with Crippen molar-refractivity contribution in [2.24, 2.45) is 0 Å². The molecule has 4 nitrogen and oxygen atoms in total. The van der Waals surface area contributed by atoms with Gasteiger partial charge in [0.25, 0.3) is 0 Å². The molecule has 24 heavy (non-hydrogen) atoms. The third-order valence-electron chi connectivity index (χ3n) is 3.59. The minimum absolute atomic E-state index is 0.0222. The van der Waals surface area contributed by atoms with Gasteiger partial charge in [-0.2, -0.15) is 5.26 Å². The lowest BCUT2D eigenvalue weighted by atomic mass is 10.1. The van der Waals surface area contributed by atoms with E-state index in [2.05, 4.69) is 0 Å². The Morgan fingerprint density at radius 3 is 2.71 bits per heavy atom. The standard InChI is InChI=1S/C17H11Cl2NO3S/c18-13-2-4-17(15(19)9-13)24(21,22)14(10-20)8-11-1-3-16-12(7-11)5-6-23-16/h1-4,7-9H,5-6H2/b14-8+. The number of nitrogens with zero attached hydrogens (tertiary/aromatic N) is 1. The zero-order chi connectivity index (χ0) is 17.3. The molecule has 7 heteroatoms. The van der Waals surface area contributed by atoms with Crippen LogP contribution in [0.5, 0.6) is 5.75 Å². The summed E-state index contributed by atoms with van der Waals surface area (Å²) in [6, 6.07) is 11.1. The zero-order valence-corrected chi connectivity index (χ0v) is 14.6. The predicted molar refractivity (Wildman–Crippen MR) is 92.9 cm³/mol. The van der Waals surface area contributed by atoms with Gasteiger partial charge in [-0.25, -0.2) is 8.42 Å². The highest BCUT2D eigenvalue weighted by Crippen LogP contribution is 2.31. The summed E-state index contributed by atoms with van der Waals surface area (Å²) in [7, 11) is -4.03. The molecule has 0 aliphatic carbocycles. The predicted octanol–water partition coefficient (Wildman–Crippen LogP) is 4.27. The molecule has 0 saturated heterocycles. The molecule has 1 heterocycles. The number of halogens is 2. The fraction of sp³-hybridized carbons (Fsp3) is 0.118. The summed E-state index contributed by atoms with van der Waals surface area (Å²) in [5, 5.41) is 9.63. The largest absolute Gasteiger partial charge is 0.493 e. The summed E-state index contributed by atoms with van der Waals surface area (Å²) in [6.07, 6.45) is 2.09. The van der Waals surface area contributed by atoms with Gasteiger partial charge in [0.15, 0.2) is 0 Å². The average Bonchev–Trinajstić information content (AvgIpc) is 2.99. The van der Waals surface area contributed by atoms with Crippen molar-refractivity contribution in [3.8, 4) is 11.8 Å². The number of hydrogen-bond acceptors (Lipinski definition) is 4. The lowest BCUT2D eigenvalue weighted by Crippen LogP contribution is -2.04. The second kappa shape index (κ2) is 6.48. The van der Waals surface area contributed by atoms with Crippen molar-refractivity contribution in [1.82, 2.24) is 0 Å². The SMILES string of the molecule is N#C/C(=C\c1ccc2c(c1)CCO2)S(=O)(=O)c1ccc(Cl)cc1Cl. The molecule has 1 aliphatic heterocycles. The molecule has 0 saturated carbocycles. The van der Waals surface area contributed by atoms with Crippen LogP contribution in [0.25, 0.3) is 6.08 Å². The quantitative estimate of drug-likeness (QED) is 0.746. The van der Waals surface area contributed by atoms with E-state index < -0.39 is 9.84 Å². The third kappa shape index (κ3) is 3.13. The fourth-order valence-corrected chi connectivity index (χ4v) is 4.35. The molecule has 0 radical (unpaired) electrons. The number of fused-ring (bicyclic) bond motifs is 1. The van der Waals surface area contributed by atoms with Crippen molar-refractivity contribution < 1.29 is 13.2 Å². The van der Waals surface area contributed by atoms with Gasteiger partial charge >= 0.3 is 0 Å².